The second-order valence-corrected chi connectivity index (χ2v) is 11.3. The molecule has 0 radical (unpaired) electrons. The van der Waals surface area contributed by atoms with Gasteiger partial charge in [-0.05, 0) is 80.7 Å². The molecular weight excluding hydrogens is 497 g/mol. The first-order chi connectivity index (χ1) is 18.3. The Morgan fingerprint density at radius 1 is 1.00 bits per heavy atom. The standard InChI is InChI=1S/C33H33ClFNO2/c1-21(7-16-28-30(34)5-4-6-31(28)35)19-29-23(3)36-38-32(29)26-10-8-24(9-11-26)25-12-14-27(15-13-25)33(17-18-33)20-22(2)37/h4-6,8-15,21H,7,16-20H2,1-3H3. The number of halogens is 2. The van der Waals surface area contributed by atoms with E-state index in [1.165, 1.54) is 11.6 Å². The van der Waals surface area contributed by atoms with Crippen LogP contribution in [0.4, 0.5) is 4.39 Å². The van der Waals surface area contributed by atoms with Gasteiger partial charge in [0, 0.05) is 33.5 Å². The molecule has 0 aliphatic heterocycles. The molecule has 1 fully saturated rings. The van der Waals surface area contributed by atoms with E-state index in [1.807, 2.05) is 6.92 Å². The third-order valence-corrected chi connectivity index (χ3v) is 8.26. The summed E-state index contributed by atoms with van der Waals surface area (Å²) < 4.78 is 19.9. The van der Waals surface area contributed by atoms with Crippen LogP contribution >= 0.6 is 11.6 Å². The minimum Gasteiger partial charge on any atom is -0.356 e. The van der Waals surface area contributed by atoms with Crippen LogP contribution in [0.25, 0.3) is 22.5 Å². The maximum absolute atomic E-state index is 14.2. The Hall–Kier alpha value is -3.24. The number of carbonyl (C=O) groups is 1. The Morgan fingerprint density at radius 3 is 2.24 bits per heavy atom. The topological polar surface area (TPSA) is 43.1 Å². The van der Waals surface area contributed by atoms with Gasteiger partial charge in [-0.2, -0.15) is 0 Å². The van der Waals surface area contributed by atoms with Gasteiger partial charge < -0.3 is 4.52 Å². The Labute approximate surface area is 229 Å². The van der Waals surface area contributed by atoms with E-state index >= 15 is 0 Å². The molecule has 0 saturated heterocycles. The molecule has 0 spiro atoms. The fraction of sp³-hybridized carbons (Fsp3) is 0.333. The number of aromatic nitrogens is 1. The lowest BCUT2D eigenvalue weighted by Gasteiger charge is -2.14. The highest BCUT2D eigenvalue weighted by molar-refractivity contribution is 6.31. The molecule has 1 atom stereocenters. The number of hydrogen-bond donors (Lipinski definition) is 0. The highest BCUT2D eigenvalue weighted by Gasteiger charge is 2.44. The minimum atomic E-state index is -0.246. The van der Waals surface area contributed by atoms with Crippen molar-refractivity contribution in [2.75, 3.05) is 0 Å². The molecule has 0 N–H and O–H groups in total. The van der Waals surface area contributed by atoms with Gasteiger partial charge in [-0.1, -0.05) is 78.3 Å². The summed E-state index contributed by atoms with van der Waals surface area (Å²) in [5.41, 5.74) is 7.15. The van der Waals surface area contributed by atoms with Gasteiger partial charge in [0.25, 0.3) is 0 Å². The summed E-state index contributed by atoms with van der Waals surface area (Å²) in [5, 5.41) is 4.74. The molecule has 5 rings (SSSR count). The number of benzene rings is 3. The molecule has 1 aliphatic rings. The quantitative estimate of drug-likeness (QED) is 0.206. The second kappa shape index (κ2) is 10.9. The summed E-state index contributed by atoms with van der Waals surface area (Å²) in [4.78, 5) is 11.7. The highest BCUT2D eigenvalue weighted by Crippen LogP contribution is 2.51. The predicted octanol–water partition coefficient (Wildman–Crippen LogP) is 8.93. The van der Waals surface area contributed by atoms with E-state index in [9.17, 15) is 9.18 Å². The van der Waals surface area contributed by atoms with Gasteiger partial charge in [0.1, 0.15) is 11.6 Å². The van der Waals surface area contributed by atoms with Crippen molar-refractivity contribution >= 4 is 17.4 Å². The average molecular weight is 530 g/mol. The first kappa shape index (κ1) is 26.4. The highest BCUT2D eigenvalue weighted by atomic mass is 35.5. The molecule has 1 unspecified atom stereocenters. The van der Waals surface area contributed by atoms with Crippen LogP contribution in [-0.4, -0.2) is 10.9 Å². The predicted molar refractivity (Wildman–Crippen MR) is 151 cm³/mol. The lowest BCUT2D eigenvalue weighted by atomic mass is 9.89. The summed E-state index contributed by atoms with van der Waals surface area (Å²) in [7, 11) is 0. The molecule has 3 nitrogen and oxygen atoms in total. The average Bonchev–Trinajstić information content (AvgIpc) is 3.59. The first-order valence-corrected chi connectivity index (χ1v) is 13.7. The third-order valence-electron chi connectivity index (χ3n) is 7.90. The van der Waals surface area contributed by atoms with Crippen molar-refractivity contribution in [1.82, 2.24) is 5.16 Å². The van der Waals surface area contributed by atoms with Gasteiger partial charge in [0.15, 0.2) is 5.76 Å². The number of hydrogen-bond acceptors (Lipinski definition) is 3. The first-order valence-electron chi connectivity index (χ1n) is 13.3. The fourth-order valence-corrected chi connectivity index (χ4v) is 5.75. The molecule has 0 amide bonds. The summed E-state index contributed by atoms with van der Waals surface area (Å²) in [5.74, 6) is 1.11. The van der Waals surface area contributed by atoms with E-state index in [-0.39, 0.29) is 17.0 Å². The molecule has 1 aliphatic carbocycles. The number of ketones is 1. The van der Waals surface area contributed by atoms with E-state index in [4.69, 9.17) is 16.1 Å². The molecule has 1 heterocycles. The van der Waals surface area contributed by atoms with Crippen LogP contribution in [0.1, 0.15) is 61.9 Å². The van der Waals surface area contributed by atoms with Gasteiger partial charge >= 0.3 is 0 Å². The third kappa shape index (κ3) is 5.61. The lowest BCUT2D eigenvalue weighted by molar-refractivity contribution is -0.117. The van der Waals surface area contributed by atoms with Gasteiger partial charge in [-0.3, -0.25) is 4.79 Å². The summed E-state index contributed by atoms with van der Waals surface area (Å²) in [6.07, 6.45) is 5.02. The van der Waals surface area contributed by atoms with Gasteiger partial charge in [0.2, 0.25) is 0 Å². The smallest absolute Gasteiger partial charge is 0.170 e. The molecular formula is C33H33ClFNO2. The van der Waals surface area contributed by atoms with E-state index < -0.39 is 0 Å². The monoisotopic (exact) mass is 529 g/mol. The second-order valence-electron chi connectivity index (χ2n) is 10.9. The summed E-state index contributed by atoms with van der Waals surface area (Å²) >= 11 is 6.21. The zero-order valence-corrected chi connectivity index (χ0v) is 22.9. The van der Waals surface area contributed by atoms with Crippen LogP contribution in [0.5, 0.6) is 0 Å². The molecule has 0 bridgehead atoms. The van der Waals surface area contributed by atoms with Crippen LogP contribution in [0, 0.1) is 18.7 Å². The van der Waals surface area contributed by atoms with Crippen molar-refractivity contribution < 1.29 is 13.7 Å². The van der Waals surface area contributed by atoms with Crippen LogP contribution in [0.15, 0.2) is 71.3 Å². The maximum Gasteiger partial charge on any atom is 0.170 e. The van der Waals surface area contributed by atoms with Crippen molar-refractivity contribution in [2.24, 2.45) is 5.92 Å². The van der Waals surface area contributed by atoms with Crippen molar-refractivity contribution in [2.45, 2.75) is 64.7 Å². The number of aryl methyl sites for hydroxylation is 1. The van der Waals surface area contributed by atoms with Gasteiger partial charge in [0.05, 0.1) is 5.69 Å². The Morgan fingerprint density at radius 2 is 1.63 bits per heavy atom. The van der Waals surface area contributed by atoms with Gasteiger partial charge in [-0.15, -0.1) is 0 Å². The zero-order valence-electron chi connectivity index (χ0n) is 22.2. The Kier molecular flexibility index (Phi) is 7.54. The van der Waals surface area contributed by atoms with Crippen molar-refractivity contribution in [3.63, 3.8) is 0 Å². The van der Waals surface area contributed by atoms with E-state index in [1.54, 1.807) is 19.1 Å². The maximum atomic E-state index is 14.2. The van der Waals surface area contributed by atoms with E-state index in [0.717, 1.165) is 59.4 Å². The zero-order chi connectivity index (χ0) is 26.9. The van der Waals surface area contributed by atoms with Crippen LogP contribution in [0.3, 0.4) is 0 Å². The largest absolute Gasteiger partial charge is 0.356 e. The Bertz CT molecular complexity index is 1410. The number of carbonyl (C=O) groups excluding carboxylic acids is 1. The molecule has 1 aromatic heterocycles. The van der Waals surface area contributed by atoms with Crippen molar-refractivity contribution in [3.05, 3.63) is 100.0 Å². The lowest BCUT2D eigenvalue weighted by Crippen LogP contribution is -2.11. The van der Waals surface area contributed by atoms with E-state index in [2.05, 4.69) is 60.6 Å². The molecule has 196 valence electrons. The molecule has 5 heteroatoms. The number of rotatable bonds is 10. The molecule has 3 aromatic carbocycles. The molecule has 38 heavy (non-hydrogen) atoms. The summed E-state index contributed by atoms with van der Waals surface area (Å²) in [6.45, 7) is 5.82. The van der Waals surface area contributed by atoms with Crippen LogP contribution in [0.2, 0.25) is 5.02 Å². The van der Waals surface area contributed by atoms with Crippen LogP contribution < -0.4 is 0 Å². The number of nitrogens with zero attached hydrogens (tertiary/aromatic N) is 1. The summed E-state index contributed by atoms with van der Waals surface area (Å²) in [6, 6.07) is 21.9. The Balaban J connectivity index is 1.27. The van der Waals surface area contributed by atoms with Crippen molar-refractivity contribution in [3.8, 4) is 22.5 Å². The van der Waals surface area contributed by atoms with E-state index in [0.29, 0.717) is 29.3 Å². The van der Waals surface area contributed by atoms with Gasteiger partial charge in [-0.25, -0.2) is 4.39 Å². The fourth-order valence-electron chi connectivity index (χ4n) is 5.49. The number of Topliss-reactive ketones (excluding diaryl/α,β-unsaturated/α-hetero) is 1. The van der Waals surface area contributed by atoms with Crippen molar-refractivity contribution in [1.29, 1.82) is 0 Å². The molecule has 4 aromatic rings. The van der Waals surface area contributed by atoms with Crippen LogP contribution in [-0.2, 0) is 23.1 Å². The normalized spacial score (nSPS) is 14.9. The minimum absolute atomic E-state index is 0.0629. The SMILES string of the molecule is CC(=O)CC1(c2ccc(-c3ccc(-c4onc(C)c4CC(C)CCc4c(F)cccc4Cl)cc3)cc2)CC1. The molecule has 1 saturated carbocycles.